The van der Waals surface area contributed by atoms with Gasteiger partial charge in [0, 0.05) is 6.54 Å². The van der Waals surface area contributed by atoms with Crippen LogP contribution in [0.15, 0.2) is 0 Å². The van der Waals surface area contributed by atoms with Crippen molar-refractivity contribution in [2.75, 3.05) is 31.6 Å². The number of unbranched alkanes of at least 4 members (excludes halogenated alkanes) is 1. The van der Waals surface area contributed by atoms with Crippen LogP contribution in [0.2, 0.25) is 0 Å². The third-order valence-corrected chi connectivity index (χ3v) is 5.44. The first-order chi connectivity index (χ1) is 13.8. The summed E-state index contributed by atoms with van der Waals surface area (Å²) in [5.74, 6) is -1.81. The zero-order valence-electron chi connectivity index (χ0n) is 16.9. The van der Waals surface area contributed by atoms with E-state index in [0.29, 0.717) is 44.5 Å². The third-order valence-electron chi connectivity index (χ3n) is 4.79. The van der Waals surface area contributed by atoms with Gasteiger partial charge in [0.15, 0.2) is 0 Å². The maximum Gasteiger partial charge on any atom is 0.326 e. The quantitative estimate of drug-likeness (QED) is 0.228. The maximum atomic E-state index is 12.6. The molecule has 0 radical (unpaired) electrons. The minimum atomic E-state index is -1.12. The lowest BCUT2D eigenvalue weighted by molar-refractivity contribution is -0.142. The van der Waals surface area contributed by atoms with Crippen LogP contribution in [-0.4, -0.2) is 83.5 Å². The fraction of sp³-hybridized carbons (Fsp3) is 0.778. The predicted molar refractivity (Wildman–Crippen MR) is 111 cm³/mol. The van der Waals surface area contributed by atoms with Gasteiger partial charge in [0.1, 0.15) is 12.1 Å². The van der Waals surface area contributed by atoms with Crippen LogP contribution < -0.4 is 22.1 Å². The lowest BCUT2D eigenvalue weighted by Gasteiger charge is -2.26. The SMILES string of the molecule is CSCCC(NC(=O)CNC(=O)C1CCCN1C(=O)C(N)CCCCN)C(=O)O. The van der Waals surface area contributed by atoms with Gasteiger partial charge in [-0.15, -0.1) is 0 Å². The van der Waals surface area contributed by atoms with Crippen molar-refractivity contribution in [2.45, 2.75) is 56.7 Å². The summed E-state index contributed by atoms with van der Waals surface area (Å²) in [6.45, 7) is 0.643. The average Bonchev–Trinajstić information content (AvgIpc) is 3.18. The predicted octanol–water partition coefficient (Wildman–Crippen LogP) is -1.13. The molecule has 3 atom stereocenters. The molecule has 0 aromatic rings. The van der Waals surface area contributed by atoms with E-state index < -0.39 is 35.9 Å². The van der Waals surface area contributed by atoms with Crippen molar-refractivity contribution >= 4 is 35.5 Å². The molecule has 29 heavy (non-hydrogen) atoms. The summed E-state index contributed by atoms with van der Waals surface area (Å²) < 4.78 is 0. The molecule has 7 N–H and O–H groups in total. The number of carbonyl (C=O) groups is 4. The van der Waals surface area contributed by atoms with E-state index in [9.17, 15) is 19.2 Å². The molecule has 1 heterocycles. The number of hydrogen-bond acceptors (Lipinski definition) is 7. The smallest absolute Gasteiger partial charge is 0.326 e. The number of hydrogen-bond donors (Lipinski definition) is 5. The number of nitrogens with two attached hydrogens (primary N) is 2. The molecule has 0 aliphatic carbocycles. The van der Waals surface area contributed by atoms with Crippen molar-refractivity contribution in [2.24, 2.45) is 11.5 Å². The van der Waals surface area contributed by atoms with Gasteiger partial charge in [0.25, 0.3) is 0 Å². The van der Waals surface area contributed by atoms with Crippen LogP contribution in [0.3, 0.4) is 0 Å². The summed E-state index contributed by atoms with van der Waals surface area (Å²) in [7, 11) is 0. The average molecular weight is 432 g/mol. The fourth-order valence-corrected chi connectivity index (χ4v) is 3.64. The molecule has 0 saturated carbocycles. The second kappa shape index (κ2) is 13.4. The summed E-state index contributed by atoms with van der Waals surface area (Å²) in [5, 5.41) is 14.1. The Hall–Kier alpha value is -1.85. The zero-order valence-corrected chi connectivity index (χ0v) is 17.7. The molecule has 0 spiro atoms. The summed E-state index contributed by atoms with van der Waals surface area (Å²) >= 11 is 1.48. The second-order valence-electron chi connectivity index (χ2n) is 7.04. The van der Waals surface area contributed by atoms with E-state index in [0.717, 1.165) is 12.8 Å². The van der Waals surface area contributed by atoms with Crippen molar-refractivity contribution in [1.82, 2.24) is 15.5 Å². The molecule has 0 bridgehead atoms. The van der Waals surface area contributed by atoms with Crippen LogP contribution in [0.5, 0.6) is 0 Å². The highest BCUT2D eigenvalue weighted by atomic mass is 32.2. The number of carboxylic acid groups (broad SMARTS) is 1. The standard InChI is InChI=1S/C18H33N5O5S/c1-29-10-7-13(18(27)28)22-15(24)11-21-16(25)14-6-4-9-23(14)17(26)12(20)5-2-3-8-19/h12-14H,2-11,19-20H2,1H3,(H,21,25)(H,22,24)(H,27,28). The van der Waals surface area contributed by atoms with Gasteiger partial charge in [-0.1, -0.05) is 6.42 Å². The van der Waals surface area contributed by atoms with Gasteiger partial charge in [0.05, 0.1) is 12.6 Å². The van der Waals surface area contributed by atoms with E-state index in [1.54, 1.807) is 0 Å². The van der Waals surface area contributed by atoms with Crippen molar-refractivity contribution in [3.05, 3.63) is 0 Å². The molecular weight excluding hydrogens is 398 g/mol. The monoisotopic (exact) mass is 431 g/mol. The topological polar surface area (TPSA) is 168 Å². The molecule has 166 valence electrons. The van der Waals surface area contributed by atoms with E-state index in [1.807, 2.05) is 6.26 Å². The zero-order chi connectivity index (χ0) is 21.8. The largest absolute Gasteiger partial charge is 0.480 e. The van der Waals surface area contributed by atoms with E-state index >= 15 is 0 Å². The molecule has 3 unspecified atom stereocenters. The maximum absolute atomic E-state index is 12.6. The van der Waals surface area contributed by atoms with Crippen LogP contribution in [0.1, 0.15) is 38.5 Å². The number of rotatable bonds is 13. The number of likely N-dealkylation sites (tertiary alicyclic amines) is 1. The molecule has 10 nitrogen and oxygen atoms in total. The molecule has 1 saturated heterocycles. The first kappa shape index (κ1) is 25.2. The van der Waals surface area contributed by atoms with E-state index in [4.69, 9.17) is 16.6 Å². The van der Waals surface area contributed by atoms with Crippen molar-refractivity contribution < 1.29 is 24.3 Å². The lowest BCUT2D eigenvalue weighted by atomic mass is 10.1. The summed E-state index contributed by atoms with van der Waals surface area (Å²) in [6, 6.07) is -2.34. The van der Waals surface area contributed by atoms with Gasteiger partial charge in [-0.3, -0.25) is 14.4 Å². The number of amides is 3. The summed E-state index contributed by atoms with van der Waals surface area (Å²) in [4.78, 5) is 49.7. The van der Waals surface area contributed by atoms with Crippen LogP contribution in [0.25, 0.3) is 0 Å². The van der Waals surface area contributed by atoms with Gasteiger partial charge < -0.3 is 32.1 Å². The van der Waals surface area contributed by atoms with Gasteiger partial charge in [-0.2, -0.15) is 11.8 Å². The molecule has 1 fully saturated rings. The van der Waals surface area contributed by atoms with Crippen molar-refractivity contribution in [3.63, 3.8) is 0 Å². The summed E-state index contributed by atoms with van der Waals surface area (Å²) in [5.41, 5.74) is 11.4. The summed E-state index contributed by atoms with van der Waals surface area (Å²) in [6.07, 6.45) is 5.37. The Labute approximate surface area is 175 Å². The van der Waals surface area contributed by atoms with Gasteiger partial charge >= 0.3 is 5.97 Å². The first-order valence-electron chi connectivity index (χ1n) is 9.86. The number of carbonyl (C=O) groups excluding carboxylic acids is 3. The molecule has 1 aliphatic rings. The van der Waals surface area contributed by atoms with Crippen LogP contribution >= 0.6 is 11.8 Å². The van der Waals surface area contributed by atoms with Crippen molar-refractivity contribution in [1.29, 1.82) is 0 Å². The molecule has 1 rings (SSSR count). The Bertz CT molecular complexity index is 577. The molecular formula is C18H33N5O5S. The number of nitrogens with zero attached hydrogens (tertiary/aromatic N) is 1. The highest BCUT2D eigenvalue weighted by molar-refractivity contribution is 7.98. The number of thioether (sulfide) groups is 1. The number of carboxylic acids is 1. The van der Waals surface area contributed by atoms with E-state index in [1.165, 1.54) is 16.7 Å². The van der Waals surface area contributed by atoms with Crippen LogP contribution in [0, 0.1) is 0 Å². The highest BCUT2D eigenvalue weighted by Crippen LogP contribution is 2.19. The van der Waals surface area contributed by atoms with Crippen LogP contribution in [-0.2, 0) is 19.2 Å². The fourth-order valence-electron chi connectivity index (χ4n) is 3.17. The van der Waals surface area contributed by atoms with E-state index in [2.05, 4.69) is 10.6 Å². The Balaban J connectivity index is 2.52. The van der Waals surface area contributed by atoms with Gasteiger partial charge in [-0.25, -0.2) is 4.79 Å². The molecule has 0 aromatic carbocycles. The Kier molecular flexibility index (Phi) is 11.6. The minimum Gasteiger partial charge on any atom is -0.480 e. The van der Waals surface area contributed by atoms with Crippen LogP contribution in [0.4, 0.5) is 0 Å². The van der Waals surface area contributed by atoms with Gasteiger partial charge in [-0.05, 0) is 50.7 Å². The Morgan fingerprint density at radius 1 is 1.24 bits per heavy atom. The number of aliphatic carboxylic acids is 1. The molecule has 1 aliphatic heterocycles. The Morgan fingerprint density at radius 3 is 2.59 bits per heavy atom. The second-order valence-corrected chi connectivity index (χ2v) is 8.02. The number of nitrogens with one attached hydrogen (secondary N) is 2. The normalized spacial score (nSPS) is 18.2. The van der Waals surface area contributed by atoms with Gasteiger partial charge in [0.2, 0.25) is 17.7 Å². The molecule has 0 aromatic heterocycles. The minimum absolute atomic E-state index is 0.271. The first-order valence-corrected chi connectivity index (χ1v) is 11.3. The molecule has 3 amide bonds. The van der Waals surface area contributed by atoms with Crippen molar-refractivity contribution in [3.8, 4) is 0 Å². The lowest BCUT2D eigenvalue weighted by Crippen LogP contribution is -2.53. The van der Waals surface area contributed by atoms with E-state index in [-0.39, 0.29) is 12.5 Å². The molecule has 11 heteroatoms. The third kappa shape index (κ3) is 8.58. The Morgan fingerprint density at radius 2 is 1.97 bits per heavy atom. The highest BCUT2D eigenvalue weighted by Gasteiger charge is 2.36.